The van der Waals surface area contributed by atoms with E-state index in [4.69, 9.17) is 15.3 Å². The molecule has 7 nitrogen and oxygen atoms in total. The minimum Gasteiger partial charge on any atom is -0.504 e. The first-order valence-electron chi connectivity index (χ1n) is 5.28. The first-order chi connectivity index (χ1) is 8.93. The van der Waals surface area contributed by atoms with E-state index in [-0.39, 0.29) is 11.5 Å². The van der Waals surface area contributed by atoms with Crippen molar-refractivity contribution in [1.29, 1.82) is 0 Å². The van der Waals surface area contributed by atoms with E-state index in [2.05, 4.69) is 5.32 Å². The summed E-state index contributed by atoms with van der Waals surface area (Å²) in [6.45, 7) is -0.713. The van der Waals surface area contributed by atoms with E-state index >= 15 is 0 Å². The maximum Gasteiger partial charge on any atom is 0.328 e. The molecule has 0 unspecified atom stereocenters. The van der Waals surface area contributed by atoms with Gasteiger partial charge in [0, 0.05) is 6.08 Å². The summed E-state index contributed by atoms with van der Waals surface area (Å²) in [4.78, 5) is 21.9. The van der Waals surface area contributed by atoms with Crippen molar-refractivity contribution in [3.63, 3.8) is 0 Å². The summed E-state index contributed by atoms with van der Waals surface area (Å²) in [5.74, 6) is -2.66. The number of carboxylic acids is 1. The summed E-state index contributed by atoms with van der Waals surface area (Å²) in [6.07, 6.45) is 2.38. The number of nitrogens with one attached hydrogen (secondary N) is 1. The SMILES string of the molecule is O=C(C=Cc1ccc(O)c(O)c1)N[C@@H](CO)C(=O)O. The summed E-state index contributed by atoms with van der Waals surface area (Å²) in [6, 6.07) is 2.57. The molecular weight excluding hydrogens is 254 g/mol. The van der Waals surface area contributed by atoms with Crippen molar-refractivity contribution < 1.29 is 30.0 Å². The van der Waals surface area contributed by atoms with E-state index in [1.165, 1.54) is 24.3 Å². The second-order valence-corrected chi connectivity index (χ2v) is 3.66. The van der Waals surface area contributed by atoms with Crippen LogP contribution >= 0.6 is 0 Å². The van der Waals surface area contributed by atoms with Crippen LogP contribution in [0.3, 0.4) is 0 Å². The molecule has 0 aliphatic rings. The summed E-state index contributed by atoms with van der Waals surface area (Å²) < 4.78 is 0. The van der Waals surface area contributed by atoms with Gasteiger partial charge >= 0.3 is 5.97 Å². The molecule has 0 aliphatic heterocycles. The van der Waals surface area contributed by atoms with Gasteiger partial charge in [-0.15, -0.1) is 0 Å². The zero-order valence-corrected chi connectivity index (χ0v) is 9.78. The Morgan fingerprint density at radius 1 is 1.26 bits per heavy atom. The molecular formula is C12H13NO6. The van der Waals surface area contributed by atoms with Crippen molar-refractivity contribution >= 4 is 18.0 Å². The molecule has 1 atom stereocenters. The van der Waals surface area contributed by atoms with Crippen molar-refractivity contribution in [3.8, 4) is 11.5 Å². The average molecular weight is 267 g/mol. The van der Waals surface area contributed by atoms with E-state index in [1.807, 2.05) is 0 Å². The van der Waals surface area contributed by atoms with Crippen LogP contribution < -0.4 is 5.32 Å². The molecule has 102 valence electrons. The monoisotopic (exact) mass is 267 g/mol. The molecule has 1 aromatic rings. The molecule has 0 bridgehead atoms. The quantitative estimate of drug-likeness (QED) is 0.367. The Balaban J connectivity index is 2.68. The maximum absolute atomic E-state index is 11.4. The Labute approximate surface area is 108 Å². The van der Waals surface area contributed by atoms with Gasteiger partial charge in [0.05, 0.1) is 6.61 Å². The van der Waals surface area contributed by atoms with Crippen LogP contribution in [0.25, 0.3) is 6.08 Å². The summed E-state index contributed by atoms with van der Waals surface area (Å²) in [5.41, 5.74) is 0.446. The van der Waals surface area contributed by atoms with Gasteiger partial charge in [0.25, 0.3) is 0 Å². The number of hydrogen-bond acceptors (Lipinski definition) is 5. The molecule has 0 heterocycles. The number of phenolic OH excluding ortho intramolecular Hbond substituents is 2. The zero-order valence-electron chi connectivity index (χ0n) is 9.78. The molecule has 1 rings (SSSR count). The number of amides is 1. The minimum atomic E-state index is -1.37. The fourth-order valence-electron chi connectivity index (χ4n) is 1.22. The summed E-state index contributed by atoms with van der Waals surface area (Å²) in [5, 5.41) is 37.7. The van der Waals surface area contributed by atoms with Gasteiger partial charge in [0.1, 0.15) is 0 Å². The number of aliphatic carboxylic acids is 1. The van der Waals surface area contributed by atoms with Crippen LogP contribution in [0.2, 0.25) is 0 Å². The number of aliphatic hydroxyl groups excluding tert-OH is 1. The van der Waals surface area contributed by atoms with Crippen molar-refractivity contribution in [2.24, 2.45) is 0 Å². The average Bonchev–Trinajstić information content (AvgIpc) is 2.37. The van der Waals surface area contributed by atoms with Gasteiger partial charge in [-0.05, 0) is 23.8 Å². The van der Waals surface area contributed by atoms with Gasteiger partial charge in [-0.25, -0.2) is 4.79 Å². The number of benzene rings is 1. The predicted octanol–water partition coefficient (Wildman–Crippen LogP) is -0.327. The fraction of sp³-hybridized carbons (Fsp3) is 0.167. The van der Waals surface area contributed by atoms with Gasteiger partial charge in [0.15, 0.2) is 17.5 Å². The third-order valence-corrected chi connectivity index (χ3v) is 2.22. The fourth-order valence-corrected chi connectivity index (χ4v) is 1.22. The van der Waals surface area contributed by atoms with Crippen molar-refractivity contribution in [1.82, 2.24) is 5.32 Å². The van der Waals surface area contributed by atoms with Gasteiger partial charge in [-0.2, -0.15) is 0 Å². The number of rotatable bonds is 5. The van der Waals surface area contributed by atoms with E-state index in [0.717, 1.165) is 6.08 Å². The molecule has 19 heavy (non-hydrogen) atoms. The van der Waals surface area contributed by atoms with E-state index in [0.29, 0.717) is 5.56 Å². The number of hydrogen-bond donors (Lipinski definition) is 5. The second-order valence-electron chi connectivity index (χ2n) is 3.66. The van der Waals surface area contributed by atoms with Gasteiger partial charge in [-0.3, -0.25) is 4.79 Å². The number of carbonyl (C=O) groups is 2. The van der Waals surface area contributed by atoms with Crippen LogP contribution in [0.5, 0.6) is 11.5 Å². The molecule has 0 aliphatic carbocycles. The summed E-state index contributed by atoms with van der Waals surface area (Å²) >= 11 is 0. The van der Waals surface area contributed by atoms with Gasteiger partial charge in [-0.1, -0.05) is 6.07 Å². The number of phenols is 2. The Morgan fingerprint density at radius 3 is 2.47 bits per heavy atom. The van der Waals surface area contributed by atoms with Crippen LogP contribution in [0.4, 0.5) is 0 Å². The van der Waals surface area contributed by atoms with Gasteiger partial charge in [0.2, 0.25) is 5.91 Å². The predicted molar refractivity (Wildman–Crippen MR) is 65.5 cm³/mol. The standard InChI is InChI=1S/C12H13NO6/c14-6-8(12(18)19)13-11(17)4-2-7-1-3-9(15)10(16)5-7/h1-5,8,14-16H,6H2,(H,13,17)(H,18,19)/t8-/m0/s1. The van der Waals surface area contributed by atoms with Crippen LogP contribution in [0.15, 0.2) is 24.3 Å². The van der Waals surface area contributed by atoms with Crippen LogP contribution in [0.1, 0.15) is 5.56 Å². The largest absolute Gasteiger partial charge is 0.504 e. The first kappa shape index (κ1) is 14.5. The summed E-state index contributed by atoms with van der Waals surface area (Å²) in [7, 11) is 0. The first-order valence-corrected chi connectivity index (χ1v) is 5.28. The van der Waals surface area contributed by atoms with Gasteiger partial charge < -0.3 is 25.7 Å². The van der Waals surface area contributed by atoms with Crippen LogP contribution in [-0.4, -0.2) is 45.0 Å². The van der Waals surface area contributed by atoms with Crippen molar-refractivity contribution in [2.75, 3.05) is 6.61 Å². The Hall–Kier alpha value is -2.54. The highest BCUT2D eigenvalue weighted by atomic mass is 16.4. The van der Waals surface area contributed by atoms with E-state index < -0.39 is 24.5 Å². The molecule has 7 heteroatoms. The highest BCUT2D eigenvalue weighted by Gasteiger charge is 2.16. The molecule has 1 aromatic carbocycles. The van der Waals surface area contributed by atoms with Crippen molar-refractivity contribution in [3.05, 3.63) is 29.8 Å². The topological polar surface area (TPSA) is 127 Å². The molecule has 5 N–H and O–H groups in total. The molecule has 0 fully saturated rings. The highest BCUT2D eigenvalue weighted by molar-refractivity contribution is 5.94. The normalized spacial score (nSPS) is 12.3. The lowest BCUT2D eigenvalue weighted by atomic mass is 10.2. The van der Waals surface area contributed by atoms with Crippen molar-refractivity contribution in [2.45, 2.75) is 6.04 Å². The lowest BCUT2D eigenvalue weighted by Crippen LogP contribution is -2.42. The lowest BCUT2D eigenvalue weighted by Gasteiger charge is -2.09. The van der Waals surface area contributed by atoms with E-state index in [9.17, 15) is 14.7 Å². The Kier molecular flexibility index (Phi) is 4.90. The number of carbonyl (C=O) groups excluding carboxylic acids is 1. The second kappa shape index (κ2) is 6.41. The molecule has 0 saturated carbocycles. The third-order valence-electron chi connectivity index (χ3n) is 2.22. The zero-order chi connectivity index (χ0) is 14.4. The minimum absolute atomic E-state index is 0.284. The number of aromatic hydroxyl groups is 2. The highest BCUT2D eigenvalue weighted by Crippen LogP contribution is 2.25. The molecule has 0 aromatic heterocycles. The Bertz CT molecular complexity index is 511. The van der Waals surface area contributed by atoms with Crippen LogP contribution in [-0.2, 0) is 9.59 Å². The number of carboxylic acid groups (broad SMARTS) is 1. The molecule has 0 radical (unpaired) electrons. The number of aliphatic hydroxyl groups is 1. The Morgan fingerprint density at radius 2 is 1.95 bits per heavy atom. The third kappa shape index (κ3) is 4.32. The smallest absolute Gasteiger partial charge is 0.328 e. The lowest BCUT2D eigenvalue weighted by molar-refractivity contribution is -0.142. The maximum atomic E-state index is 11.4. The van der Waals surface area contributed by atoms with E-state index in [1.54, 1.807) is 0 Å². The van der Waals surface area contributed by atoms with Crippen LogP contribution in [0, 0.1) is 0 Å². The molecule has 0 spiro atoms. The molecule has 0 saturated heterocycles. The molecule has 1 amide bonds.